The third kappa shape index (κ3) is 2.30. The molecule has 0 amide bonds. The molecule has 5 heteroatoms. The molecule has 4 nitrogen and oxygen atoms in total. The van der Waals surface area contributed by atoms with Crippen molar-refractivity contribution < 1.29 is 18.3 Å². The minimum Gasteiger partial charge on any atom is -0.481 e. The lowest BCUT2D eigenvalue weighted by atomic mass is 9.58. The predicted molar refractivity (Wildman–Crippen MR) is 73.5 cm³/mol. The molecule has 110 valence electrons. The highest BCUT2D eigenvalue weighted by Crippen LogP contribution is 2.53. The van der Waals surface area contributed by atoms with E-state index < -0.39 is 21.7 Å². The van der Waals surface area contributed by atoms with Crippen LogP contribution < -0.4 is 0 Å². The predicted octanol–water partition coefficient (Wildman–Crippen LogP) is 2.19. The summed E-state index contributed by atoms with van der Waals surface area (Å²) in [6, 6.07) is 0. The smallest absolute Gasteiger partial charge is 0.306 e. The normalized spacial score (nSPS) is 44.3. The zero-order valence-corrected chi connectivity index (χ0v) is 12.9. The number of carboxylic acids is 1. The maximum absolute atomic E-state index is 12.4. The van der Waals surface area contributed by atoms with Crippen molar-refractivity contribution in [2.24, 2.45) is 29.1 Å². The zero-order valence-electron chi connectivity index (χ0n) is 12.1. The van der Waals surface area contributed by atoms with Crippen LogP contribution in [0.3, 0.4) is 0 Å². The van der Waals surface area contributed by atoms with Gasteiger partial charge in [-0.25, -0.2) is 8.42 Å². The van der Waals surface area contributed by atoms with Gasteiger partial charge in [-0.2, -0.15) is 0 Å². The second kappa shape index (κ2) is 4.47. The molecule has 0 radical (unpaired) electrons. The Labute approximate surface area is 115 Å². The molecule has 0 aromatic heterocycles. The number of hydrogen-bond acceptors (Lipinski definition) is 3. The lowest BCUT2D eigenvalue weighted by molar-refractivity contribution is -0.148. The summed E-state index contributed by atoms with van der Waals surface area (Å²) in [6.45, 7) is 8.00. The summed E-state index contributed by atoms with van der Waals surface area (Å²) in [5, 5.41) is 9.01. The van der Waals surface area contributed by atoms with Gasteiger partial charge in [-0.05, 0) is 36.0 Å². The lowest BCUT2D eigenvalue weighted by Gasteiger charge is -2.53. The number of carbonyl (C=O) groups is 1. The van der Waals surface area contributed by atoms with Crippen molar-refractivity contribution in [2.75, 3.05) is 5.75 Å². The van der Waals surface area contributed by atoms with E-state index >= 15 is 0 Å². The Bertz CT molecular complexity index is 480. The highest BCUT2D eigenvalue weighted by atomic mass is 32.2. The summed E-state index contributed by atoms with van der Waals surface area (Å²) in [7, 11) is -3.08. The Balaban J connectivity index is 2.47. The summed E-state index contributed by atoms with van der Waals surface area (Å²) in [5.41, 5.74) is -0.0994. The molecule has 2 rings (SSSR count). The Morgan fingerprint density at radius 1 is 1.26 bits per heavy atom. The van der Waals surface area contributed by atoms with Crippen LogP contribution in [-0.2, 0) is 14.6 Å². The van der Waals surface area contributed by atoms with E-state index in [0.717, 1.165) is 0 Å². The molecule has 1 heterocycles. The van der Waals surface area contributed by atoms with E-state index in [1.54, 1.807) is 0 Å². The van der Waals surface area contributed by atoms with Crippen molar-refractivity contribution in [3.05, 3.63) is 0 Å². The van der Waals surface area contributed by atoms with Gasteiger partial charge in [-0.1, -0.05) is 27.7 Å². The summed E-state index contributed by atoms with van der Waals surface area (Å²) in [5.74, 6) is -1.14. The molecular formula is C14H24O4S. The summed E-state index contributed by atoms with van der Waals surface area (Å²) < 4.78 is 24.8. The van der Waals surface area contributed by atoms with E-state index in [2.05, 4.69) is 13.8 Å². The number of aliphatic carboxylic acids is 1. The van der Waals surface area contributed by atoms with E-state index in [-0.39, 0.29) is 34.2 Å². The molecule has 0 aromatic rings. The van der Waals surface area contributed by atoms with Crippen LogP contribution in [0, 0.1) is 29.1 Å². The van der Waals surface area contributed by atoms with Crippen molar-refractivity contribution in [1.29, 1.82) is 0 Å². The second-order valence-corrected chi connectivity index (χ2v) is 9.39. The fourth-order valence-electron chi connectivity index (χ4n) is 4.42. The van der Waals surface area contributed by atoms with Gasteiger partial charge < -0.3 is 5.11 Å². The van der Waals surface area contributed by atoms with E-state index in [1.165, 1.54) is 0 Å². The van der Waals surface area contributed by atoms with E-state index in [9.17, 15) is 18.3 Å². The van der Waals surface area contributed by atoms with Crippen molar-refractivity contribution in [1.82, 2.24) is 0 Å². The van der Waals surface area contributed by atoms with Gasteiger partial charge in [0.15, 0.2) is 9.84 Å². The fraction of sp³-hybridized carbons (Fsp3) is 0.929. The van der Waals surface area contributed by atoms with Gasteiger partial charge in [0.25, 0.3) is 0 Å². The number of fused-ring (bicyclic) bond motifs is 1. The highest BCUT2D eigenvalue weighted by molar-refractivity contribution is 7.92. The first-order chi connectivity index (χ1) is 8.58. The van der Waals surface area contributed by atoms with Crippen LogP contribution in [0.5, 0.6) is 0 Å². The molecule has 5 unspecified atom stereocenters. The second-order valence-electron chi connectivity index (χ2n) is 7.11. The van der Waals surface area contributed by atoms with E-state index in [1.807, 2.05) is 13.8 Å². The molecule has 19 heavy (non-hydrogen) atoms. The fourth-order valence-corrected chi connectivity index (χ4v) is 7.38. The van der Waals surface area contributed by atoms with Gasteiger partial charge in [-0.15, -0.1) is 0 Å². The van der Waals surface area contributed by atoms with Gasteiger partial charge in [-0.3, -0.25) is 4.79 Å². The molecule has 1 saturated carbocycles. The molecule has 1 saturated heterocycles. The van der Waals surface area contributed by atoms with Gasteiger partial charge in [0.1, 0.15) is 0 Å². The van der Waals surface area contributed by atoms with Gasteiger partial charge >= 0.3 is 5.97 Å². The number of hydrogen-bond donors (Lipinski definition) is 1. The monoisotopic (exact) mass is 288 g/mol. The highest BCUT2D eigenvalue weighted by Gasteiger charge is 2.56. The van der Waals surface area contributed by atoms with E-state index in [0.29, 0.717) is 12.8 Å². The Kier molecular flexibility index (Phi) is 3.49. The van der Waals surface area contributed by atoms with Crippen LogP contribution in [0.2, 0.25) is 0 Å². The maximum Gasteiger partial charge on any atom is 0.306 e. The molecular weight excluding hydrogens is 264 g/mol. The van der Waals surface area contributed by atoms with Crippen LogP contribution in [0.25, 0.3) is 0 Å². The molecule has 2 aliphatic rings. The number of rotatable bonds is 1. The first-order valence-corrected chi connectivity index (χ1v) is 8.74. The Hall–Kier alpha value is -0.580. The van der Waals surface area contributed by atoms with Crippen molar-refractivity contribution in [2.45, 2.75) is 45.8 Å². The molecule has 0 aromatic carbocycles. The van der Waals surface area contributed by atoms with Gasteiger partial charge in [0.2, 0.25) is 0 Å². The van der Waals surface area contributed by atoms with Gasteiger partial charge in [0, 0.05) is 0 Å². The average molecular weight is 288 g/mol. The maximum atomic E-state index is 12.4. The zero-order chi connectivity index (χ0) is 14.6. The SMILES string of the molecule is CC1CC(C(=O)O)C(C)C2C1S(=O)(=O)CCC2(C)C. The molecule has 5 atom stereocenters. The quantitative estimate of drug-likeness (QED) is 0.803. The van der Waals surface area contributed by atoms with Crippen LogP contribution in [0.15, 0.2) is 0 Å². The van der Waals surface area contributed by atoms with Crippen LogP contribution in [-0.4, -0.2) is 30.5 Å². The van der Waals surface area contributed by atoms with Crippen molar-refractivity contribution in [3.63, 3.8) is 0 Å². The first-order valence-electron chi connectivity index (χ1n) is 7.02. The summed E-state index contributed by atoms with van der Waals surface area (Å²) in [4.78, 5) is 11.4. The Morgan fingerprint density at radius 2 is 1.84 bits per heavy atom. The molecule has 2 fully saturated rings. The van der Waals surface area contributed by atoms with Crippen molar-refractivity contribution in [3.8, 4) is 0 Å². The van der Waals surface area contributed by atoms with E-state index in [4.69, 9.17) is 0 Å². The number of sulfone groups is 1. The largest absolute Gasteiger partial charge is 0.481 e. The molecule has 1 N–H and O–H groups in total. The van der Waals surface area contributed by atoms with Crippen LogP contribution in [0.1, 0.15) is 40.5 Å². The standard InChI is InChI=1S/C14H24O4S/c1-8-7-10(13(15)16)9(2)11-12(8)19(17,18)6-5-14(11,3)4/h8-12H,5-7H2,1-4H3,(H,15,16). The van der Waals surface area contributed by atoms with Crippen LogP contribution >= 0.6 is 0 Å². The third-order valence-corrected chi connectivity index (χ3v) is 7.77. The molecule has 0 spiro atoms. The third-order valence-electron chi connectivity index (χ3n) is 5.41. The lowest BCUT2D eigenvalue weighted by Crippen LogP contribution is -2.57. The first kappa shape index (κ1) is 14.8. The summed E-state index contributed by atoms with van der Waals surface area (Å²) >= 11 is 0. The topological polar surface area (TPSA) is 71.4 Å². The minimum absolute atomic E-state index is 0.0453. The molecule has 0 bridgehead atoms. The number of carboxylic acid groups (broad SMARTS) is 1. The summed E-state index contributed by atoms with van der Waals surface area (Å²) in [6.07, 6.45) is 1.12. The molecule has 1 aliphatic carbocycles. The van der Waals surface area contributed by atoms with Gasteiger partial charge in [0.05, 0.1) is 16.9 Å². The Morgan fingerprint density at radius 3 is 2.37 bits per heavy atom. The minimum atomic E-state index is -3.08. The molecule has 1 aliphatic heterocycles. The average Bonchev–Trinajstić information content (AvgIpc) is 2.26. The van der Waals surface area contributed by atoms with Crippen molar-refractivity contribution >= 4 is 15.8 Å². The van der Waals surface area contributed by atoms with Crippen LogP contribution in [0.4, 0.5) is 0 Å².